The van der Waals surface area contributed by atoms with Gasteiger partial charge in [0.25, 0.3) is 5.91 Å². The molecule has 4 nitrogen and oxygen atoms in total. The van der Waals surface area contributed by atoms with Gasteiger partial charge in [0.2, 0.25) is 5.13 Å². The molecule has 21 heavy (non-hydrogen) atoms. The number of benzene rings is 1. The van der Waals surface area contributed by atoms with Gasteiger partial charge >= 0.3 is 0 Å². The fourth-order valence-electron chi connectivity index (χ4n) is 1.86. The number of amides is 1. The molecule has 0 unspecified atom stereocenters. The molecule has 2 heterocycles. The van der Waals surface area contributed by atoms with Crippen LogP contribution in [0.4, 0.5) is 5.13 Å². The summed E-state index contributed by atoms with van der Waals surface area (Å²) in [6, 6.07) is 13.8. The number of anilines is 1. The number of hydrogen-bond acceptors (Lipinski definition) is 5. The second kappa shape index (κ2) is 6.15. The van der Waals surface area contributed by atoms with E-state index in [0.717, 1.165) is 16.3 Å². The number of nitrogens with zero attached hydrogens (tertiary/aromatic N) is 2. The van der Waals surface area contributed by atoms with Crippen LogP contribution in [0.5, 0.6) is 0 Å². The molecule has 1 amide bonds. The third-order valence-electron chi connectivity index (χ3n) is 2.85. The van der Waals surface area contributed by atoms with Gasteiger partial charge in [-0.1, -0.05) is 41.7 Å². The zero-order valence-electron chi connectivity index (χ0n) is 11.4. The lowest BCUT2D eigenvalue weighted by molar-refractivity contribution is 0.103. The van der Waals surface area contributed by atoms with Crippen molar-refractivity contribution in [3.63, 3.8) is 0 Å². The first-order chi connectivity index (χ1) is 10.2. The first kappa shape index (κ1) is 13.9. The summed E-state index contributed by atoms with van der Waals surface area (Å²) >= 11 is 2.88. The van der Waals surface area contributed by atoms with Gasteiger partial charge in [-0.25, -0.2) is 0 Å². The molecule has 3 rings (SSSR count). The van der Waals surface area contributed by atoms with E-state index in [-0.39, 0.29) is 5.91 Å². The maximum absolute atomic E-state index is 12.0. The van der Waals surface area contributed by atoms with Gasteiger partial charge in [-0.3, -0.25) is 10.1 Å². The van der Waals surface area contributed by atoms with Crippen LogP contribution in [0, 0.1) is 6.92 Å². The van der Waals surface area contributed by atoms with Crippen LogP contribution >= 0.6 is 22.7 Å². The van der Waals surface area contributed by atoms with Crippen molar-refractivity contribution in [3.8, 4) is 0 Å². The topological polar surface area (TPSA) is 54.9 Å². The summed E-state index contributed by atoms with van der Waals surface area (Å²) in [6.07, 6.45) is 0.729. The lowest BCUT2D eigenvalue weighted by Crippen LogP contribution is -2.09. The fourth-order valence-corrected chi connectivity index (χ4v) is 3.39. The Morgan fingerprint density at radius 2 is 1.90 bits per heavy atom. The normalized spacial score (nSPS) is 10.5. The first-order valence-corrected chi connectivity index (χ1v) is 8.08. The van der Waals surface area contributed by atoms with Crippen molar-refractivity contribution in [3.05, 3.63) is 62.8 Å². The molecule has 0 bridgehead atoms. The largest absolute Gasteiger partial charge is 0.296 e. The van der Waals surface area contributed by atoms with Crippen LogP contribution in [0.1, 0.15) is 25.1 Å². The van der Waals surface area contributed by atoms with Crippen LogP contribution < -0.4 is 5.32 Å². The van der Waals surface area contributed by atoms with Crippen molar-refractivity contribution in [1.82, 2.24) is 10.2 Å². The number of rotatable bonds is 4. The predicted molar refractivity (Wildman–Crippen MR) is 86.2 cm³/mol. The summed E-state index contributed by atoms with van der Waals surface area (Å²) in [5, 5.41) is 12.4. The quantitative estimate of drug-likeness (QED) is 0.797. The molecule has 6 heteroatoms. The third-order valence-corrected chi connectivity index (χ3v) is 4.69. The molecule has 0 aliphatic carbocycles. The van der Waals surface area contributed by atoms with Crippen LogP contribution in [-0.2, 0) is 6.42 Å². The van der Waals surface area contributed by atoms with Crippen molar-refractivity contribution < 1.29 is 4.79 Å². The zero-order chi connectivity index (χ0) is 14.7. The minimum absolute atomic E-state index is 0.129. The first-order valence-electron chi connectivity index (χ1n) is 6.45. The fraction of sp³-hybridized carbons (Fsp3) is 0.133. The van der Waals surface area contributed by atoms with E-state index in [0.29, 0.717) is 10.0 Å². The van der Waals surface area contributed by atoms with E-state index < -0.39 is 0 Å². The highest BCUT2D eigenvalue weighted by Crippen LogP contribution is 2.21. The summed E-state index contributed by atoms with van der Waals surface area (Å²) in [6.45, 7) is 1.98. The molecular formula is C15H13N3OS2. The van der Waals surface area contributed by atoms with Crippen LogP contribution in [0.15, 0.2) is 42.5 Å². The average Bonchev–Trinajstić information content (AvgIpc) is 3.09. The van der Waals surface area contributed by atoms with Crippen LogP contribution in [0.25, 0.3) is 0 Å². The molecule has 0 aliphatic rings. The standard InChI is InChI=1S/C15H13N3OS2/c1-10-7-8-12(20-10)14(19)16-15-18-17-13(21-15)9-11-5-3-2-4-6-11/h2-8H,9H2,1H3,(H,16,18,19). The number of aryl methyl sites for hydroxylation is 1. The van der Waals surface area contributed by atoms with Gasteiger partial charge in [-0.2, -0.15) is 0 Å². The molecule has 1 N–H and O–H groups in total. The van der Waals surface area contributed by atoms with E-state index in [1.165, 1.54) is 28.2 Å². The van der Waals surface area contributed by atoms with Crippen molar-refractivity contribution >= 4 is 33.7 Å². The Labute approximate surface area is 130 Å². The Hall–Kier alpha value is -2.05. The molecule has 0 fully saturated rings. The van der Waals surface area contributed by atoms with Gasteiger partial charge in [0.05, 0.1) is 4.88 Å². The summed E-state index contributed by atoms with van der Waals surface area (Å²) in [5.41, 5.74) is 1.18. The number of carbonyl (C=O) groups is 1. The van der Waals surface area contributed by atoms with E-state index in [1.54, 1.807) is 0 Å². The van der Waals surface area contributed by atoms with Crippen molar-refractivity contribution in [1.29, 1.82) is 0 Å². The van der Waals surface area contributed by atoms with Crippen LogP contribution in [-0.4, -0.2) is 16.1 Å². The van der Waals surface area contributed by atoms with Gasteiger partial charge < -0.3 is 0 Å². The maximum Gasteiger partial charge on any atom is 0.267 e. The SMILES string of the molecule is Cc1ccc(C(=O)Nc2nnc(Cc3ccccc3)s2)s1. The Morgan fingerprint density at radius 1 is 1.10 bits per heavy atom. The lowest BCUT2D eigenvalue weighted by Gasteiger charge is -1.97. The zero-order valence-corrected chi connectivity index (χ0v) is 13.0. The minimum Gasteiger partial charge on any atom is -0.296 e. The summed E-state index contributed by atoms with van der Waals surface area (Å²) in [5.74, 6) is -0.129. The lowest BCUT2D eigenvalue weighted by atomic mass is 10.2. The molecule has 0 radical (unpaired) electrons. The Bertz CT molecular complexity index is 749. The van der Waals surface area contributed by atoms with Crippen molar-refractivity contribution in [2.45, 2.75) is 13.3 Å². The van der Waals surface area contributed by atoms with E-state index in [1.807, 2.05) is 49.4 Å². The molecule has 0 spiro atoms. The molecule has 0 saturated carbocycles. The summed E-state index contributed by atoms with van der Waals surface area (Å²) in [4.78, 5) is 13.8. The minimum atomic E-state index is -0.129. The molecule has 2 aromatic heterocycles. The van der Waals surface area contributed by atoms with Gasteiger partial charge in [-0.05, 0) is 24.6 Å². The van der Waals surface area contributed by atoms with E-state index in [2.05, 4.69) is 15.5 Å². The molecule has 0 saturated heterocycles. The van der Waals surface area contributed by atoms with Gasteiger partial charge in [0.15, 0.2) is 0 Å². The van der Waals surface area contributed by atoms with Crippen molar-refractivity contribution in [2.24, 2.45) is 0 Å². The van der Waals surface area contributed by atoms with Crippen molar-refractivity contribution in [2.75, 3.05) is 5.32 Å². The molecule has 106 valence electrons. The van der Waals surface area contributed by atoms with Crippen LogP contribution in [0.3, 0.4) is 0 Å². The second-order valence-electron chi connectivity index (χ2n) is 4.53. The summed E-state index contributed by atoms with van der Waals surface area (Å²) in [7, 11) is 0. The highest BCUT2D eigenvalue weighted by atomic mass is 32.1. The Morgan fingerprint density at radius 3 is 2.62 bits per heavy atom. The predicted octanol–water partition coefficient (Wildman–Crippen LogP) is 3.75. The number of nitrogens with one attached hydrogen (secondary N) is 1. The summed E-state index contributed by atoms with van der Waals surface area (Å²) < 4.78 is 0. The highest BCUT2D eigenvalue weighted by Gasteiger charge is 2.12. The van der Waals surface area contributed by atoms with Crippen LogP contribution in [0.2, 0.25) is 0 Å². The van der Waals surface area contributed by atoms with E-state index in [4.69, 9.17) is 0 Å². The second-order valence-corrected chi connectivity index (χ2v) is 6.88. The van der Waals surface area contributed by atoms with E-state index in [9.17, 15) is 4.79 Å². The molecule has 1 aromatic carbocycles. The maximum atomic E-state index is 12.0. The van der Waals surface area contributed by atoms with Gasteiger partial charge in [0.1, 0.15) is 5.01 Å². The van der Waals surface area contributed by atoms with Gasteiger partial charge in [-0.15, -0.1) is 21.5 Å². The number of thiophene rings is 1. The molecule has 3 aromatic rings. The van der Waals surface area contributed by atoms with E-state index >= 15 is 0 Å². The highest BCUT2D eigenvalue weighted by molar-refractivity contribution is 7.16. The molecular weight excluding hydrogens is 302 g/mol. The number of aromatic nitrogens is 2. The third kappa shape index (κ3) is 3.53. The Kier molecular flexibility index (Phi) is 4.08. The number of hydrogen-bond donors (Lipinski definition) is 1. The monoisotopic (exact) mass is 315 g/mol. The molecule has 0 aliphatic heterocycles. The molecule has 0 atom stereocenters. The smallest absolute Gasteiger partial charge is 0.267 e. The average molecular weight is 315 g/mol. The number of carbonyl (C=O) groups excluding carboxylic acids is 1. The Balaban J connectivity index is 1.66. The van der Waals surface area contributed by atoms with Gasteiger partial charge in [0, 0.05) is 11.3 Å².